The summed E-state index contributed by atoms with van der Waals surface area (Å²) in [5.74, 6) is -0.00480. The molecule has 0 saturated carbocycles. The molecule has 0 saturated heterocycles. The zero-order chi connectivity index (χ0) is 15.4. The van der Waals surface area contributed by atoms with E-state index in [-0.39, 0.29) is 12.5 Å². The van der Waals surface area contributed by atoms with Gasteiger partial charge in [0.25, 0.3) is 0 Å². The van der Waals surface area contributed by atoms with E-state index < -0.39 is 0 Å². The van der Waals surface area contributed by atoms with Gasteiger partial charge in [0.1, 0.15) is 0 Å². The lowest BCUT2D eigenvalue weighted by Gasteiger charge is -2.07. The number of fused-ring (bicyclic) bond motifs is 3. The molecule has 114 valence electrons. The average Bonchev–Trinajstić information content (AvgIpc) is 2.88. The van der Waals surface area contributed by atoms with Crippen LogP contribution in [0.25, 0.3) is 21.8 Å². The zero-order valence-electron chi connectivity index (χ0n) is 12.5. The second kappa shape index (κ2) is 6.62. The third-order valence-corrected chi connectivity index (χ3v) is 3.90. The summed E-state index contributed by atoms with van der Waals surface area (Å²) in [6.45, 7) is 1.12. The second-order valence-electron chi connectivity index (χ2n) is 5.36. The fraction of sp³-hybridized carbons (Fsp3) is 0.278. The summed E-state index contributed by atoms with van der Waals surface area (Å²) in [5.41, 5.74) is 2.42. The molecule has 3 aromatic rings. The van der Waals surface area contributed by atoms with Gasteiger partial charge in [-0.15, -0.1) is 0 Å². The molecule has 1 heterocycles. The van der Waals surface area contributed by atoms with Crippen LogP contribution >= 0.6 is 0 Å². The van der Waals surface area contributed by atoms with Gasteiger partial charge in [0.15, 0.2) is 0 Å². The first-order valence-electron chi connectivity index (χ1n) is 7.65. The zero-order valence-corrected chi connectivity index (χ0v) is 12.5. The largest absolute Gasteiger partial charge is 0.395 e. The van der Waals surface area contributed by atoms with Crippen LogP contribution in [-0.4, -0.2) is 28.7 Å². The lowest BCUT2D eigenvalue weighted by atomic mass is 10.2. The number of rotatable bonds is 6. The van der Waals surface area contributed by atoms with Crippen LogP contribution < -0.4 is 5.32 Å². The maximum atomic E-state index is 11.6. The van der Waals surface area contributed by atoms with Crippen molar-refractivity contribution in [2.45, 2.75) is 19.4 Å². The third-order valence-electron chi connectivity index (χ3n) is 3.90. The minimum absolute atomic E-state index is 0.00480. The van der Waals surface area contributed by atoms with Gasteiger partial charge in [0.05, 0.1) is 6.61 Å². The topological polar surface area (TPSA) is 54.3 Å². The van der Waals surface area contributed by atoms with Crippen LogP contribution in [0.4, 0.5) is 0 Å². The third kappa shape index (κ3) is 2.83. The van der Waals surface area contributed by atoms with Crippen LogP contribution in [0.3, 0.4) is 0 Å². The predicted octanol–water partition coefficient (Wildman–Crippen LogP) is 2.68. The van der Waals surface area contributed by atoms with Gasteiger partial charge >= 0.3 is 0 Å². The van der Waals surface area contributed by atoms with Crippen LogP contribution in [0.15, 0.2) is 48.5 Å². The van der Waals surface area contributed by atoms with Gasteiger partial charge in [0, 0.05) is 41.3 Å². The minimum Gasteiger partial charge on any atom is -0.395 e. The van der Waals surface area contributed by atoms with Crippen LogP contribution in [0.5, 0.6) is 0 Å². The van der Waals surface area contributed by atoms with Crippen LogP contribution in [0.1, 0.15) is 12.8 Å². The number of carbonyl (C=O) groups excluding carboxylic acids is 1. The first-order valence-corrected chi connectivity index (χ1v) is 7.65. The summed E-state index contributed by atoms with van der Waals surface area (Å²) < 4.78 is 2.28. The Morgan fingerprint density at radius 1 is 1.00 bits per heavy atom. The van der Waals surface area contributed by atoms with Crippen LogP contribution in [0.2, 0.25) is 0 Å². The van der Waals surface area contributed by atoms with Gasteiger partial charge in [-0.2, -0.15) is 0 Å². The molecule has 0 radical (unpaired) electrons. The predicted molar refractivity (Wildman–Crippen MR) is 88.8 cm³/mol. The number of nitrogens with zero attached hydrogens (tertiary/aromatic N) is 1. The van der Waals surface area contributed by atoms with Crippen molar-refractivity contribution in [1.82, 2.24) is 9.88 Å². The number of benzene rings is 2. The van der Waals surface area contributed by atoms with Crippen molar-refractivity contribution in [1.29, 1.82) is 0 Å². The summed E-state index contributed by atoms with van der Waals surface area (Å²) in [7, 11) is 0. The van der Waals surface area contributed by atoms with Crippen molar-refractivity contribution < 1.29 is 9.90 Å². The van der Waals surface area contributed by atoms with E-state index in [0.29, 0.717) is 13.0 Å². The molecular weight excluding hydrogens is 276 g/mol. The number of carbonyl (C=O) groups is 1. The number of aryl methyl sites for hydroxylation is 1. The fourth-order valence-electron chi connectivity index (χ4n) is 2.93. The Kier molecular flexibility index (Phi) is 4.39. The van der Waals surface area contributed by atoms with Crippen molar-refractivity contribution >= 4 is 27.7 Å². The monoisotopic (exact) mass is 296 g/mol. The van der Waals surface area contributed by atoms with Gasteiger partial charge < -0.3 is 15.0 Å². The highest BCUT2D eigenvalue weighted by Gasteiger charge is 2.09. The summed E-state index contributed by atoms with van der Waals surface area (Å²) in [5, 5.41) is 13.9. The quantitative estimate of drug-likeness (QED) is 0.735. The molecule has 0 aliphatic rings. The molecule has 0 bridgehead atoms. The SMILES string of the molecule is O=C(CCCn1c2ccccc2c2ccccc21)NCCO. The number of aliphatic hydroxyl groups is 1. The highest BCUT2D eigenvalue weighted by Crippen LogP contribution is 2.28. The van der Waals surface area contributed by atoms with Crippen molar-refractivity contribution in [2.24, 2.45) is 0 Å². The van der Waals surface area contributed by atoms with E-state index in [1.807, 2.05) is 12.1 Å². The highest BCUT2D eigenvalue weighted by molar-refractivity contribution is 6.07. The molecule has 0 fully saturated rings. The lowest BCUT2D eigenvalue weighted by Crippen LogP contribution is -2.26. The van der Waals surface area contributed by atoms with E-state index in [1.165, 1.54) is 21.8 Å². The number of hydrogen-bond acceptors (Lipinski definition) is 2. The number of hydrogen-bond donors (Lipinski definition) is 2. The normalized spacial score (nSPS) is 11.1. The molecule has 0 atom stereocenters. The fourth-order valence-corrected chi connectivity index (χ4v) is 2.93. The number of aromatic nitrogens is 1. The Morgan fingerprint density at radius 2 is 1.59 bits per heavy atom. The van der Waals surface area contributed by atoms with Crippen molar-refractivity contribution in [3.05, 3.63) is 48.5 Å². The Hall–Kier alpha value is -2.33. The number of amides is 1. The van der Waals surface area contributed by atoms with E-state index in [1.54, 1.807) is 0 Å². The molecular formula is C18H20N2O2. The maximum absolute atomic E-state index is 11.6. The molecule has 0 unspecified atom stereocenters. The number of aliphatic hydroxyl groups excluding tert-OH is 1. The smallest absolute Gasteiger partial charge is 0.220 e. The Balaban J connectivity index is 1.82. The molecule has 0 aliphatic heterocycles. The summed E-state index contributed by atoms with van der Waals surface area (Å²) >= 11 is 0. The molecule has 1 aromatic heterocycles. The van der Waals surface area contributed by atoms with E-state index in [4.69, 9.17) is 5.11 Å². The molecule has 0 spiro atoms. The first kappa shape index (κ1) is 14.6. The van der Waals surface area contributed by atoms with Crippen molar-refractivity contribution in [3.63, 3.8) is 0 Å². The van der Waals surface area contributed by atoms with Crippen LogP contribution in [0, 0.1) is 0 Å². The van der Waals surface area contributed by atoms with Gasteiger partial charge in [-0.1, -0.05) is 36.4 Å². The molecule has 4 heteroatoms. The average molecular weight is 296 g/mol. The summed E-state index contributed by atoms with van der Waals surface area (Å²) in [4.78, 5) is 11.6. The van der Waals surface area contributed by atoms with Gasteiger partial charge in [-0.25, -0.2) is 0 Å². The molecule has 4 nitrogen and oxygen atoms in total. The van der Waals surface area contributed by atoms with E-state index in [9.17, 15) is 4.79 Å². The molecule has 2 N–H and O–H groups in total. The molecule has 2 aromatic carbocycles. The van der Waals surface area contributed by atoms with E-state index in [0.717, 1.165) is 13.0 Å². The van der Waals surface area contributed by atoms with Gasteiger partial charge in [-0.3, -0.25) is 4.79 Å². The first-order chi connectivity index (χ1) is 10.8. The Bertz CT molecular complexity index is 739. The molecule has 1 amide bonds. The van der Waals surface area contributed by atoms with Crippen molar-refractivity contribution in [3.8, 4) is 0 Å². The van der Waals surface area contributed by atoms with Crippen LogP contribution in [-0.2, 0) is 11.3 Å². The molecule has 0 aliphatic carbocycles. The van der Waals surface area contributed by atoms with Crippen molar-refractivity contribution in [2.75, 3.05) is 13.2 Å². The standard InChI is InChI=1S/C18H20N2O2/c21-13-11-19-18(22)10-5-12-20-16-8-3-1-6-14(16)15-7-2-4-9-17(15)20/h1-4,6-9,21H,5,10-13H2,(H,19,22). The van der Waals surface area contributed by atoms with E-state index in [2.05, 4.69) is 46.3 Å². The van der Waals surface area contributed by atoms with E-state index >= 15 is 0 Å². The summed E-state index contributed by atoms with van der Waals surface area (Å²) in [6.07, 6.45) is 1.25. The number of para-hydroxylation sites is 2. The Labute approximate surface area is 129 Å². The lowest BCUT2D eigenvalue weighted by molar-refractivity contribution is -0.121. The minimum atomic E-state index is -0.0153. The van der Waals surface area contributed by atoms with Gasteiger partial charge in [0.2, 0.25) is 5.91 Å². The Morgan fingerprint density at radius 3 is 2.18 bits per heavy atom. The number of nitrogens with one attached hydrogen (secondary N) is 1. The molecule has 22 heavy (non-hydrogen) atoms. The second-order valence-corrected chi connectivity index (χ2v) is 5.36. The molecule has 3 rings (SSSR count). The summed E-state index contributed by atoms with van der Waals surface area (Å²) in [6, 6.07) is 16.7. The van der Waals surface area contributed by atoms with Gasteiger partial charge in [-0.05, 0) is 18.6 Å². The maximum Gasteiger partial charge on any atom is 0.220 e. The highest BCUT2D eigenvalue weighted by atomic mass is 16.3.